The lowest BCUT2D eigenvalue weighted by Gasteiger charge is -2.43. The maximum absolute atomic E-state index is 11.1. The molecule has 19 heavy (non-hydrogen) atoms. The van der Waals surface area contributed by atoms with E-state index in [4.69, 9.17) is 0 Å². The molecule has 112 valence electrons. The van der Waals surface area contributed by atoms with Crippen LogP contribution < -0.4 is 5.11 Å². The Kier molecular flexibility index (Phi) is 8.68. The van der Waals surface area contributed by atoms with E-state index in [1.807, 2.05) is 19.9 Å². The lowest BCUT2D eigenvalue weighted by atomic mass is 10.1. The Hall–Kier alpha value is -0.870. The van der Waals surface area contributed by atoms with Crippen LogP contribution in [-0.4, -0.2) is 47.3 Å². The topological polar surface area (TPSA) is 60.4 Å². The number of hydrogen-bond donors (Lipinski definition) is 1. The maximum Gasteiger partial charge on any atom is 0.126 e. The number of carbonyl (C=O) groups excluding carboxylic acids is 1. The summed E-state index contributed by atoms with van der Waals surface area (Å²) < 4.78 is 0.380. The summed E-state index contributed by atoms with van der Waals surface area (Å²) in [5.41, 5.74) is 0. The van der Waals surface area contributed by atoms with Crippen molar-refractivity contribution in [2.75, 3.05) is 19.6 Å². The van der Waals surface area contributed by atoms with Crippen molar-refractivity contribution < 1.29 is 19.5 Å². The van der Waals surface area contributed by atoms with Gasteiger partial charge in [-0.05, 0) is 40.0 Å². The standard InChI is InChI=1S/C15H29NO3/c1-5-8-9-10-11-14(17)12-16(6-2,7-3)13(4)15(18)19/h5,13-14,17H,1,6-12H2,2-4H3. The number of carbonyl (C=O) groups is 1. The molecule has 2 unspecified atom stereocenters. The molecule has 1 N–H and O–H groups in total. The first-order valence-electron chi connectivity index (χ1n) is 7.29. The summed E-state index contributed by atoms with van der Waals surface area (Å²) >= 11 is 0. The lowest BCUT2D eigenvalue weighted by molar-refractivity contribution is -0.942. The highest BCUT2D eigenvalue weighted by Gasteiger charge is 2.33. The van der Waals surface area contributed by atoms with Crippen LogP contribution in [0.2, 0.25) is 0 Å². The minimum Gasteiger partial charge on any atom is -0.544 e. The van der Waals surface area contributed by atoms with Gasteiger partial charge in [-0.25, -0.2) is 0 Å². The fourth-order valence-corrected chi connectivity index (χ4v) is 2.59. The summed E-state index contributed by atoms with van der Waals surface area (Å²) in [7, 11) is 0. The average Bonchev–Trinajstić information content (AvgIpc) is 2.40. The van der Waals surface area contributed by atoms with E-state index in [1.54, 1.807) is 6.92 Å². The lowest BCUT2D eigenvalue weighted by Crippen LogP contribution is -2.62. The summed E-state index contributed by atoms with van der Waals surface area (Å²) in [6, 6.07) is -0.585. The zero-order valence-electron chi connectivity index (χ0n) is 12.6. The highest BCUT2D eigenvalue weighted by molar-refractivity contribution is 5.69. The highest BCUT2D eigenvalue weighted by Crippen LogP contribution is 2.17. The zero-order chi connectivity index (χ0) is 14.9. The van der Waals surface area contributed by atoms with Crippen molar-refractivity contribution in [2.45, 2.75) is 58.6 Å². The molecule has 0 fully saturated rings. The molecule has 0 amide bonds. The van der Waals surface area contributed by atoms with Crippen LogP contribution in [0.3, 0.4) is 0 Å². The Morgan fingerprint density at radius 3 is 2.37 bits per heavy atom. The van der Waals surface area contributed by atoms with Gasteiger partial charge in [-0.1, -0.05) is 12.5 Å². The van der Waals surface area contributed by atoms with E-state index < -0.39 is 18.1 Å². The SMILES string of the molecule is C=CCCCCC(O)C[N+](CC)(CC)C(C)C(=O)[O-]. The molecule has 0 aliphatic rings. The van der Waals surface area contributed by atoms with Crippen molar-refractivity contribution in [3.63, 3.8) is 0 Å². The number of carboxylic acids is 1. The van der Waals surface area contributed by atoms with E-state index in [-0.39, 0.29) is 0 Å². The van der Waals surface area contributed by atoms with Crippen molar-refractivity contribution in [1.29, 1.82) is 0 Å². The summed E-state index contributed by atoms with van der Waals surface area (Å²) in [5, 5.41) is 21.2. The molecule has 4 heteroatoms. The normalized spacial score (nSPS) is 14.9. The number of aliphatic hydroxyl groups is 1. The molecular formula is C15H29NO3. The molecule has 0 aliphatic heterocycles. The van der Waals surface area contributed by atoms with E-state index in [2.05, 4.69) is 6.58 Å². The molecule has 2 atom stereocenters. The minimum absolute atomic E-state index is 0.380. The molecular weight excluding hydrogens is 242 g/mol. The van der Waals surface area contributed by atoms with Gasteiger partial charge in [0.25, 0.3) is 0 Å². The number of unbranched alkanes of at least 4 members (excludes halogenated alkanes) is 2. The zero-order valence-corrected chi connectivity index (χ0v) is 12.6. The van der Waals surface area contributed by atoms with Crippen LogP contribution in [0.5, 0.6) is 0 Å². The fraction of sp³-hybridized carbons (Fsp3) is 0.800. The quantitative estimate of drug-likeness (QED) is 0.348. The van der Waals surface area contributed by atoms with Crippen LogP contribution in [-0.2, 0) is 4.79 Å². The number of aliphatic hydroxyl groups excluding tert-OH is 1. The molecule has 0 aromatic rings. The van der Waals surface area contributed by atoms with Gasteiger partial charge in [0, 0.05) is 0 Å². The first kappa shape index (κ1) is 18.1. The number of nitrogens with zero attached hydrogens (tertiary/aromatic N) is 1. The van der Waals surface area contributed by atoms with Gasteiger partial charge in [0.05, 0.1) is 19.1 Å². The van der Waals surface area contributed by atoms with Crippen LogP contribution in [0.15, 0.2) is 12.7 Å². The monoisotopic (exact) mass is 271 g/mol. The van der Waals surface area contributed by atoms with Crippen LogP contribution in [0.1, 0.15) is 46.5 Å². The van der Waals surface area contributed by atoms with Crippen LogP contribution in [0, 0.1) is 0 Å². The molecule has 0 heterocycles. The van der Waals surface area contributed by atoms with Crippen molar-refractivity contribution >= 4 is 5.97 Å². The van der Waals surface area contributed by atoms with Gasteiger partial charge in [-0.2, -0.15) is 0 Å². The van der Waals surface area contributed by atoms with Gasteiger partial charge in [0.1, 0.15) is 18.7 Å². The predicted molar refractivity (Wildman–Crippen MR) is 75.4 cm³/mol. The van der Waals surface area contributed by atoms with E-state index in [0.717, 1.165) is 19.3 Å². The Morgan fingerprint density at radius 2 is 1.95 bits per heavy atom. The smallest absolute Gasteiger partial charge is 0.126 e. The molecule has 0 aromatic carbocycles. The largest absolute Gasteiger partial charge is 0.544 e. The average molecular weight is 271 g/mol. The van der Waals surface area contributed by atoms with Gasteiger partial charge >= 0.3 is 0 Å². The predicted octanol–water partition coefficient (Wildman–Crippen LogP) is 1.09. The fourth-order valence-electron chi connectivity index (χ4n) is 2.59. The summed E-state index contributed by atoms with van der Waals surface area (Å²) in [6.45, 7) is 11.1. The van der Waals surface area contributed by atoms with E-state index in [1.165, 1.54) is 0 Å². The second-order valence-electron chi connectivity index (χ2n) is 5.26. The van der Waals surface area contributed by atoms with Gasteiger partial charge in [-0.3, -0.25) is 0 Å². The van der Waals surface area contributed by atoms with Crippen molar-refractivity contribution in [3.05, 3.63) is 12.7 Å². The molecule has 4 nitrogen and oxygen atoms in total. The number of hydrogen-bond acceptors (Lipinski definition) is 3. The molecule has 0 saturated heterocycles. The third-order valence-corrected chi connectivity index (χ3v) is 4.19. The minimum atomic E-state index is -1.04. The van der Waals surface area contributed by atoms with Crippen LogP contribution in [0.25, 0.3) is 0 Å². The Labute approximate surface area is 117 Å². The van der Waals surface area contributed by atoms with Crippen molar-refractivity contribution in [3.8, 4) is 0 Å². The molecule has 0 radical (unpaired) electrons. The molecule has 0 bridgehead atoms. The molecule has 0 spiro atoms. The Morgan fingerprint density at radius 1 is 1.37 bits per heavy atom. The van der Waals surface area contributed by atoms with Crippen LogP contribution in [0.4, 0.5) is 0 Å². The number of allylic oxidation sites excluding steroid dienone is 1. The van der Waals surface area contributed by atoms with E-state index >= 15 is 0 Å². The molecule has 0 aromatic heterocycles. The third-order valence-electron chi connectivity index (χ3n) is 4.19. The molecule has 0 saturated carbocycles. The van der Waals surface area contributed by atoms with Crippen LogP contribution >= 0.6 is 0 Å². The number of aliphatic carboxylic acids is 1. The molecule has 0 rings (SSSR count). The Balaban J connectivity index is 4.48. The first-order chi connectivity index (χ1) is 8.93. The van der Waals surface area contributed by atoms with Gasteiger partial charge in [0.2, 0.25) is 0 Å². The van der Waals surface area contributed by atoms with Gasteiger partial charge < -0.3 is 19.5 Å². The van der Waals surface area contributed by atoms with Crippen molar-refractivity contribution in [2.24, 2.45) is 0 Å². The van der Waals surface area contributed by atoms with Gasteiger partial charge in [0.15, 0.2) is 0 Å². The number of quaternary nitrogens is 1. The number of rotatable bonds is 11. The highest BCUT2D eigenvalue weighted by atomic mass is 16.4. The summed E-state index contributed by atoms with van der Waals surface area (Å²) in [6.07, 6.45) is 5.07. The Bertz CT molecular complexity index is 275. The third kappa shape index (κ3) is 5.74. The first-order valence-corrected chi connectivity index (χ1v) is 7.29. The number of carboxylic acid groups (broad SMARTS) is 1. The molecule has 0 aliphatic carbocycles. The van der Waals surface area contributed by atoms with E-state index in [9.17, 15) is 15.0 Å². The number of likely N-dealkylation sites (N-methyl/N-ethyl adjacent to an activating group) is 1. The van der Waals surface area contributed by atoms with Crippen molar-refractivity contribution in [1.82, 2.24) is 0 Å². The second kappa shape index (κ2) is 9.10. The summed E-state index contributed by atoms with van der Waals surface area (Å²) in [4.78, 5) is 11.1. The maximum atomic E-state index is 11.1. The van der Waals surface area contributed by atoms with Gasteiger partial charge in [-0.15, -0.1) is 6.58 Å². The second-order valence-corrected chi connectivity index (χ2v) is 5.26. The summed E-state index contributed by atoms with van der Waals surface area (Å²) in [5.74, 6) is -1.04. The van der Waals surface area contributed by atoms with E-state index in [0.29, 0.717) is 30.5 Å².